The van der Waals surface area contributed by atoms with Crippen LogP contribution in [0.5, 0.6) is 5.75 Å². The van der Waals surface area contributed by atoms with Crippen molar-refractivity contribution in [1.82, 2.24) is 14.8 Å². The highest BCUT2D eigenvalue weighted by molar-refractivity contribution is 7.99. The first-order chi connectivity index (χ1) is 16.5. The Morgan fingerprint density at radius 3 is 2.32 bits per heavy atom. The number of para-hydroxylation sites is 1. The Kier molecular flexibility index (Phi) is 7.49. The molecule has 0 saturated carbocycles. The molecule has 0 aliphatic heterocycles. The van der Waals surface area contributed by atoms with E-state index >= 15 is 0 Å². The molecule has 0 aliphatic rings. The van der Waals surface area contributed by atoms with Crippen LogP contribution in [0.4, 0.5) is 11.4 Å². The van der Waals surface area contributed by atoms with Crippen LogP contribution in [0, 0.1) is 13.8 Å². The van der Waals surface area contributed by atoms with Crippen LogP contribution in [0.1, 0.15) is 17.0 Å². The van der Waals surface area contributed by atoms with Gasteiger partial charge in [0.05, 0.1) is 19.4 Å². The molecule has 0 fully saturated rings. The Labute approximate surface area is 203 Å². The molecule has 0 aliphatic carbocycles. The number of nitrogens with zero attached hydrogens (tertiary/aromatic N) is 3. The Balaban J connectivity index is 1.48. The molecule has 1 aromatic heterocycles. The van der Waals surface area contributed by atoms with Gasteiger partial charge in [0.1, 0.15) is 5.75 Å². The van der Waals surface area contributed by atoms with E-state index in [0.717, 1.165) is 39.8 Å². The summed E-state index contributed by atoms with van der Waals surface area (Å²) in [5.41, 5.74) is 4.92. The van der Waals surface area contributed by atoms with Crippen molar-refractivity contribution in [3.05, 3.63) is 89.7 Å². The first-order valence-corrected chi connectivity index (χ1v) is 11.9. The van der Waals surface area contributed by atoms with Gasteiger partial charge in [0, 0.05) is 17.1 Å². The maximum atomic E-state index is 12.6. The van der Waals surface area contributed by atoms with E-state index in [1.165, 1.54) is 11.8 Å². The number of methoxy groups -OCH3 is 1. The summed E-state index contributed by atoms with van der Waals surface area (Å²) in [6, 6.07) is 23.6. The molecule has 0 spiro atoms. The average molecular weight is 474 g/mol. The number of ether oxygens (including phenoxy) is 1. The van der Waals surface area contributed by atoms with Gasteiger partial charge in [-0.05, 0) is 73.5 Å². The highest BCUT2D eigenvalue weighted by atomic mass is 32.2. The smallest absolute Gasteiger partial charge is 0.234 e. The second kappa shape index (κ2) is 10.9. The molecule has 34 heavy (non-hydrogen) atoms. The van der Waals surface area contributed by atoms with Crippen molar-refractivity contribution in [3.63, 3.8) is 0 Å². The predicted octanol–water partition coefficient (Wildman–Crippen LogP) is 5.24. The van der Waals surface area contributed by atoms with Crippen LogP contribution >= 0.6 is 11.8 Å². The summed E-state index contributed by atoms with van der Waals surface area (Å²) in [5.74, 6) is 1.69. The molecule has 8 heteroatoms. The van der Waals surface area contributed by atoms with Gasteiger partial charge >= 0.3 is 0 Å². The molecule has 0 radical (unpaired) electrons. The fraction of sp³-hybridized carbons (Fsp3) is 0.192. The molecule has 4 rings (SSSR count). The number of nitrogens with one attached hydrogen (secondary N) is 2. The van der Waals surface area contributed by atoms with Crippen molar-refractivity contribution < 1.29 is 9.53 Å². The molecule has 7 nitrogen and oxygen atoms in total. The number of amides is 1. The SMILES string of the molecule is COc1ccc(NCc2nnc(SCC(=O)Nc3cc(C)cc(C)c3)n2-c2ccccc2)cc1. The standard InChI is InChI=1S/C26H27N5O2S/c1-18-13-19(2)15-21(14-18)28-25(32)17-34-26-30-29-24(31(26)22-7-5-4-6-8-22)16-27-20-9-11-23(33-3)12-10-20/h4-15,27H,16-17H2,1-3H3,(H,28,32). The van der Waals surface area contributed by atoms with Crippen molar-refractivity contribution in [2.75, 3.05) is 23.5 Å². The van der Waals surface area contributed by atoms with Gasteiger partial charge in [-0.1, -0.05) is 36.0 Å². The first kappa shape index (κ1) is 23.4. The minimum absolute atomic E-state index is 0.0875. The molecular weight excluding hydrogens is 446 g/mol. The Morgan fingerprint density at radius 2 is 1.65 bits per heavy atom. The zero-order valence-corrected chi connectivity index (χ0v) is 20.2. The molecule has 174 valence electrons. The number of benzene rings is 3. The molecule has 3 aromatic carbocycles. The number of thioether (sulfide) groups is 1. The number of aromatic nitrogens is 3. The monoisotopic (exact) mass is 473 g/mol. The number of anilines is 2. The van der Waals surface area contributed by atoms with Crippen LogP contribution in [-0.2, 0) is 11.3 Å². The topological polar surface area (TPSA) is 81.1 Å². The third-order valence-electron chi connectivity index (χ3n) is 5.09. The maximum absolute atomic E-state index is 12.6. The second-order valence-corrected chi connectivity index (χ2v) is 8.81. The van der Waals surface area contributed by atoms with Gasteiger partial charge in [-0.3, -0.25) is 9.36 Å². The first-order valence-electron chi connectivity index (χ1n) is 10.9. The number of carbonyl (C=O) groups excluding carboxylic acids is 1. The minimum Gasteiger partial charge on any atom is -0.497 e. The van der Waals surface area contributed by atoms with Crippen LogP contribution in [0.15, 0.2) is 78.0 Å². The summed E-state index contributed by atoms with van der Waals surface area (Å²) in [5, 5.41) is 15.8. The Bertz CT molecular complexity index is 1240. The van der Waals surface area contributed by atoms with Gasteiger partial charge in [0.15, 0.2) is 11.0 Å². The molecule has 0 saturated heterocycles. The van der Waals surface area contributed by atoms with E-state index in [2.05, 4.69) is 26.9 Å². The highest BCUT2D eigenvalue weighted by Crippen LogP contribution is 2.24. The summed E-state index contributed by atoms with van der Waals surface area (Å²) in [4.78, 5) is 12.6. The lowest BCUT2D eigenvalue weighted by Crippen LogP contribution is -2.15. The third kappa shape index (κ3) is 5.96. The van der Waals surface area contributed by atoms with Crippen molar-refractivity contribution in [2.45, 2.75) is 25.5 Å². The largest absolute Gasteiger partial charge is 0.497 e. The fourth-order valence-electron chi connectivity index (χ4n) is 3.61. The number of hydrogen-bond donors (Lipinski definition) is 2. The Hall–Kier alpha value is -3.78. The molecule has 1 amide bonds. The van der Waals surface area contributed by atoms with Gasteiger partial charge < -0.3 is 15.4 Å². The third-order valence-corrected chi connectivity index (χ3v) is 6.02. The minimum atomic E-state index is -0.0875. The lowest BCUT2D eigenvalue weighted by molar-refractivity contribution is -0.113. The predicted molar refractivity (Wildman–Crippen MR) is 137 cm³/mol. The second-order valence-electron chi connectivity index (χ2n) is 7.87. The van der Waals surface area contributed by atoms with Crippen LogP contribution < -0.4 is 15.4 Å². The lowest BCUT2D eigenvalue weighted by Gasteiger charge is -2.12. The van der Waals surface area contributed by atoms with E-state index in [-0.39, 0.29) is 11.7 Å². The van der Waals surface area contributed by atoms with Gasteiger partial charge in [0.2, 0.25) is 5.91 Å². The Morgan fingerprint density at radius 1 is 0.941 bits per heavy atom. The zero-order chi connectivity index (χ0) is 23.9. The van der Waals surface area contributed by atoms with Crippen molar-refractivity contribution in [1.29, 1.82) is 0 Å². The van der Waals surface area contributed by atoms with E-state index in [0.29, 0.717) is 11.7 Å². The summed E-state index contributed by atoms with van der Waals surface area (Å²) < 4.78 is 7.20. The summed E-state index contributed by atoms with van der Waals surface area (Å²) >= 11 is 1.36. The van der Waals surface area contributed by atoms with Gasteiger partial charge in [-0.25, -0.2) is 0 Å². The number of rotatable bonds is 9. The van der Waals surface area contributed by atoms with E-state index in [1.807, 2.05) is 85.1 Å². The molecule has 0 bridgehead atoms. The average Bonchev–Trinajstić information content (AvgIpc) is 3.24. The molecule has 1 heterocycles. The zero-order valence-electron chi connectivity index (χ0n) is 19.4. The molecule has 4 aromatic rings. The van der Waals surface area contributed by atoms with Gasteiger partial charge in [0.25, 0.3) is 0 Å². The van der Waals surface area contributed by atoms with E-state index in [1.54, 1.807) is 7.11 Å². The van der Waals surface area contributed by atoms with E-state index in [9.17, 15) is 4.79 Å². The molecule has 2 N–H and O–H groups in total. The van der Waals surface area contributed by atoms with Crippen molar-refractivity contribution in [2.24, 2.45) is 0 Å². The van der Waals surface area contributed by atoms with E-state index < -0.39 is 0 Å². The molecular formula is C26H27N5O2S. The number of carbonyl (C=O) groups is 1. The lowest BCUT2D eigenvalue weighted by atomic mass is 10.1. The van der Waals surface area contributed by atoms with Crippen LogP contribution in [-0.4, -0.2) is 33.5 Å². The summed E-state index contributed by atoms with van der Waals surface area (Å²) in [6.07, 6.45) is 0. The van der Waals surface area contributed by atoms with Gasteiger partial charge in [-0.15, -0.1) is 10.2 Å². The maximum Gasteiger partial charge on any atom is 0.234 e. The van der Waals surface area contributed by atoms with Crippen LogP contribution in [0.25, 0.3) is 5.69 Å². The summed E-state index contributed by atoms with van der Waals surface area (Å²) in [6.45, 7) is 4.51. The van der Waals surface area contributed by atoms with Crippen molar-refractivity contribution >= 4 is 29.0 Å². The fourth-order valence-corrected chi connectivity index (χ4v) is 4.38. The van der Waals surface area contributed by atoms with E-state index in [4.69, 9.17) is 4.74 Å². The molecule has 0 unspecified atom stereocenters. The normalized spacial score (nSPS) is 10.7. The molecule has 0 atom stereocenters. The van der Waals surface area contributed by atoms with Crippen LogP contribution in [0.3, 0.4) is 0 Å². The quantitative estimate of drug-likeness (QED) is 0.324. The highest BCUT2D eigenvalue weighted by Gasteiger charge is 2.16. The summed E-state index contributed by atoms with van der Waals surface area (Å²) in [7, 11) is 1.64. The van der Waals surface area contributed by atoms with Crippen LogP contribution in [0.2, 0.25) is 0 Å². The van der Waals surface area contributed by atoms with Crippen molar-refractivity contribution in [3.8, 4) is 11.4 Å². The number of aryl methyl sites for hydroxylation is 2. The number of hydrogen-bond acceptors (Lipinski definition) is 6. The van der Waals surface area contributed by atoms with Gasteiger partial charge in [-0.2, -0.15) is 0 Å².